The fourth-order valence-corrected chi connectivity index (χ4v) is 2.86. The van der Waals surface area contributed by atoms with E-state index in [9.17, 15) is 9.59 Å². The summed E-state index contributed by atoms with van der Waals surface area (Å²) in [7, 11) is 0. The first-order valence-corrected chi connectivity index (χ1v) is 7.16. The zero-order valence-electron chi connectivity index (χ0n) is 11.5. The van der Waals surface area contributed by atoms with E-state index in [0.29, 0.717) is 23.4 Å². The summed E-state index contributed by atoms with van der Waals surface area (Å²) in [5.41, 5.74) is 0.162. The third-order valence-electron chi connectivity index (χ3n) is 4.20. The first-order valence-electron chi connectivity index (χ1n) is 7.16. The van der Waals surface area contributed by atoms with Gasteiger partial charge in [0.2, 0.25) is 5.91 Å². The molecule has 0 atom stereocenters. The van der Waals surface area contributed by atoms with E-state index < -0.39 is 5.97 Å². The minimum absolute atomic E-state index is 0.0981. The lowest BCUT2D eigenvalue weighted by Crippen LogP contribution is -2.32. The lowest BCUT2D eigenvalue weighted by Gasteiger charge is -2.14. The van der Waals surface area contributed by atoms with Crippen LogP contribution in [0.1, 0.15) is 47.6 Å². The fourth-order valence-electron chi connectivity index (χ4n) is 2.86. The van der Waals surface area contributed by atoms with Gasteiger partial charge in [0.25, 0.3) is 0 Å². The van der Waals surface area contributed by atoms with E-state index in [2.05, 4.69) is 5.32 Å². The molecular weight excluding hydrogens is 258 g/mol. The molecule has 2 saturated carbocycles. The number of carboxylic acid groups (broad SMARTS) is 1. The average Bonchev–Trinajstić information content (AvgIpc) is 3.29. The Morgan fingerprint density at radius 2 is 1.95 bits per heavy atom. The van der Waals surface area contributed by atoms with Gasteiger partial charge in [0.1, 0.15) is 17.1 Å². The van der Waals surface area contributed by atoms with Crippen molar-refractivity contribution >= 4 is 11.9 Å². The molecule has 0 spiro atoms. The summed E-state index contributed by atoms with van der Waals surface area (Å²) in [6.45, 7) is 1.88. The van der Waals surface area contributed by atoms with Crippen molar-refractivity contribution in [1.29, 1.82) is 0 Å². The predicted octanol–water partition coefficient (Wildman–Crippen LogP) is 2.34. The van der Waals surface area contributed by atoms with Crippen LogP contribution in [0.5, 0.6) is 0 Å². The molecule has 5 nitrogen and oxygen atoms in total. The number of amides is 1. The van der Waals surface area contributed by atoms with Crippen molar-refractivity contribution in [3.63, 3.8) is 0 Å². The van der Waals surface area contributed by atoms with Gasteiger partial charge in [-0.25, -0.2) is 4.79 Å². The molecule has 1 heterocycles. The largest absolute Gasteiger partial charge is 0.478 e. The summed E-state index contributed by atoms with van der Waals surface area (Å²) in [6.07, 6.45) is 4.66. The number of hydrogen-bond acceptors (Lipinski definition) is 3. The highest BCUT2D eigenvalue weighted by Gasteiger charge is 2.45. The Bertz CT molecular complexity index is 528. The van der Waals surface area contributed by atoms with Crippen molar-refractivity contribution in [2.45, 2.75) is 39.2 Å². The Morgan fingerprint density at radius 1 is 1.35 bits per heavy atom. The normalized spacial score (nSPS) is 18.3. The molecule has 2 aliphatic carbocycles. The first-order chi connectivity index (χ1) is 9.56. The zero-order valence-corrected chi connectivity index (χ0v) is 11.5. The van der Waals surface area contributed by atoms with Crippen molar-refractivity contribution in [2.75, 3.05) is 0 Å². The molecule has 2 N–H and O–H groups in total. The Morgan fingerprint density at radius 3 is 2.40 bits per heavy atom. The molecule has 0 bridgehead atoms. The van der Waals surface area contributed by atoms with E-state index in [4.69, 9.17) is 9.52 Å². The van der Waals surface area contributed by atoms with Crippen molar-refractivity contribution in [3.05, 3.63) is 23.2 Å². The van der Waals surface area contributed by atoms with Crippen molar-refractivity contribution in [1.82, 2.24) is 5.32 Å². The molecule has 5 heteroatoms. The highest BCUT2D eigenvalue weighted by atomic mass is 16.4. The van der Waals surface area contributed by atoms with Crippen LogP contribution in [0, 0.1) is 24.7 Å². The Balaban J connectivity index is 1.59. The summed E-state index contributed by atoms with van der Waals surface area (Å²) in [5, 5.41) is 11.9. The number of carbonyl (C=O) groups excluding carboxylic acids is 1. The number of furan rings is 1. The molecule has 0 aromatic carbocycles. The quantitative estimate of drug-likeness (QED) is 0.836. The molecule has 2 fully saturated rings. The highest BCUT2D eigenvalue weighted by molar-refractivity contribution is 5.88. The van der Waals surface area contributed by atoms with Crippen LogP contribution < -0.4 is 5.32 Å². The van der Waals surface area contributed by atoms with E-state index in [1.54, 1.807) is 6.92 Å². The lowest BCUT2D eigenvalue weighted by atomic mass is 9.97. The van der Waals surface area contributed by atoms with Crippen LogP contribution in [-0.2, 0) is 11.3 Å². The maximum Gasteiger partial charge on any atom is 0.339 e. The molecular formula is C15H19NO4. The van der Waals surface area contributed by atoms with E-state index in [1.165, 1.54) is 6.07 Å². The van der Waals surface area contributed by atoms with Gasteiger partial charge in [0.15, 0.2) is 0 Å². The van der Waals surface area contributed by atoms with Gasteiger partial charge in [0.05, 0.1) is 6.54 Å². The number of carbonyl (C=O) groups is 2. The number of rotatable bonds is 6. The van der Waals surface area contributed by atoms with E-state index >= 15 is 0 Å². The topological polar surface area (TPSA) is 79.5 Å². The van der Waals surface area contributed by atoms with E-state index in [-0.39, 0.29) is 23.9 Å². The molecule has 20 heavy (non-hydrogen) atoms. The number of aromatic carboxylic acids is 1. The molecule has 1 aromatic heterocycles. The number of carboxylic acids is 1. The zero-order chi connectivity index (χ0) is 14.3. The highest BCUT2D eigenvalue weighted by Crippen LogP contribution is 2.49. The monoisotopic (exact) mass is 277 g/mol. The average molecular weight is 277 g/mol. The summed E-state index contributed by atoms with van der Waals surface area (Å²) in [5.74, 6) is 1.26. The fraction of sp³-hybridized carbons (Fsp3) is 0.600. The Hall–Kier alpha value is -1.78. The van der Waals surface area contributed by atoms with Gasteiger partial charge in [-0.2, -0.15) is 0 Å². The standard InChI is InChI=1S/C15H19NO4/c1-8-12(15(18)19)6-11(20-8)7-16-14(17)13(9-2-3-9)10-4-5-10/h6,9-10,13H,2-5,7H2,1H3,(H,16,17)(H,18,19). The van der Waals surface area contributed by atoms with E-state index in [0.717, 1.165) is 25.7 Å². The van der Waals surface area contributed by atoms with Crippen molar-refractivity contribution < 1.29 is 19.1 Å². The summed E-state index contributed by atoms with van der Waals surface area (Å²) in [6, 6.07) is 1.49. The van der Waals surface area contributed by atoms with Crippen LogP contribution in [0.4, 0.5) is 0 Å². The van der Waals surface area contributed by atoms with Crippen LogP contribution >= 0.6 is 0 Å². The summed E-state index contributed by atoms with van der Waals surface area (Å²) < 4.78 is 5.36. The molecule has 1 amide bonds. The van der Waals surface area contributed by atoms with Gasteiger partial charge in [0, 0.05) is 5.92 Å². The maximum absolute atomic E-state index is 12.2. The molecule has 108 valence electrons. The van der Waals surface area contributed by atoms with Gasteiger partial charge in [-0.1, -0.05) is 0 Å². The van der Waals surface area contributed by atoms with Crippen molar-refractivity contribution in [3.8, 4) is 0 Å². The van der Waals surface area contributed by atoms with Gasteiger partial charge >= 0.3 is 5.97 Å². The lowest BCUT2D eigenvalue weighted by molar-refractivity contribution is -0.126. The Labute approximate surface area is 117 Å². The molecule has 0 radical (unpaired) electrons. The first kappa shape index (κ1) is 13.2. The minimum atomic E-state index is -1.00. The van der Waals surface area contributed by atoms with Crippen molar-refractivity contribution in [2.24, 2.45) is 17.8 Å². The second-order valence-electron chi connectivity index (χ2n) is 5.91. The second-order valence-corrected chi connectivity index (χ2v) is 5.91. The second kappa shape index (κ2) is 4.96. The SMILES string of the molecule is Cc1oc(CNC(=O)C(C2CC2)C2CC2)cc1C(=O)O. The third-order valence-corrected chi connectivity index (χ3v) is 4.20. The van der Waals surface area contributed by atoms with Gasteiger partial charge in [-0.3, -0.25) is 4.79 Å². The molecule has 0 saturated heterocycles. The predicted molar refractivity (Wildman–Crippen MR) is 71.2 cm³/mol. The molecule has 0 aliphatic heterocycles. The third kappa shape index (κ3) is 2.71. The number of nitrogens with one attached hydrogen (secondary N) is 1. The van der Waals surface area contributed by atoms with Crippen LogP contribution in [0.25, 0.3) is 0 Å². The minimum Gasteiger partial charge on any atom is -0.478 e. The van der Waals surface area contributed by atoms with Gasteiger partial charge in [-0.05, 0) is 50.5 Å². The smallest absolute Gasteiger partial charge is 0.339 e. The van der Waals surface area contributed by atoms with Gasteiger partial charge in [-0.15, -0.1) is 0 Å². The van der Waals surface area contributed by atoms with Crippen LogP contribution in [0.3, 0.4) is 0 Å². The molecule has 1 aromatic rings. The van der Waals surface area contributed by atoms with Gasteiger partial charge < -0.3 is 14.8 Å². The number of hydrogen-bond donors (Lipinski definition) is 2. The maximum atomic E-state index is 12.2. The van der Waals surface area contributed by atoms with Crippen LogP contribution in [-0.4, -0.2) is 17.0 Å². The molecule has 2 aliphatic rings. The summed E-state index contributed by atoms with van der Waals surface area (Å²) in [4.78, 5) is 23.2. The Kier molecular flexibility index (Phi) is 3.28. The van der Waals surface area contributed by atoms with Crippen LogP contribution in [0.2, 0.25) is 0 Å². The number of aryl methyl sites for hydroxylation is 1. The van der Waals surface area contributed by atoms with Crippen LogP contribution in [0.15, 0.2) is 10.5 Å². The molecule has 0 unspecified atom stereocenters. The van der Waals surface area contributed by atoms with E-state index in [1.807, 2.05) is 0 Å². The summed E-state index contributed by atoms with van der Waals surface area (Å²) >= 11 is 0. The molecule has 3 rings (SSSR count).